The molecule has 0 saturated carbocycles. The van der Waals surface area contributed by atoms with Crippen LogP contribution in [0, 0.1) is 23.0 Å². The first-order chi connectivity index (χ1) is 13.1. The van der Waals surface area contributed by atoms with Crippen molar-refractivity contribution in [2.24, 2.45) is 5.92 Å². The summed E-state index contributed by atoms with van der Waals surface area (Å²) in [5, 5.41) is 17.5. The Hall–Kier alpha value is -3.14. The second-order valence-electron chi connectivity index (χ2n) is 7.51. The summed E-state index contributed by atoms with van der Waals surface area (Å²) in [5.41, 5.74) is 4.24. The van der Waals surface area contributed by atoms with E-state index in [9.17, 15) is 10.1 Å². The van der Waals surface area contributed by atoms with E-state index in [0.717, 1.165) is 17.7 Å². The predicted octanol–water partition coefficient (Wildman–Crippen LogP) is 5.88. The van der Waals surface area contributed by atoms with Crippen molar-refractivity contribution in [3.63, 3.8) is 0 Å². The molecule has 1 aliphatic heterocycles. The lowest BCUT2D eigenvalue weighted by molar-refractivity contribution is -0.385. The van der Waals surface area contributed by atoms with Crippen LogP contribution in [0.5, 0.6) is 0 Å². The standard InChI is InChI=1S/C23H20N2O2/c1-14-21(25(26)27)12-11-20-18-7-4-8-19(18)23(24-22(14)20)17-10-9-15-5-2-3-6-16(15)13-17/h2-7,9-13,18-19,23-24H,8H2,1H3. The largest absolute Gasteiger partial charge is 0.377 e. The van der Waals surface area contributed by atoms with Crippen molar-refractivity contribution >= 4 is 22.1 Å². The van der Waals surface area contributed by atoms with Crippen molar-refractivity contribution in [2.75, 3.05) is 5.32 Å². The summed E-state index contributed by atoms with van der Waals surface area (Å²) in [7, 11) is 0. The minimum absolute atomic E-state index is 0.141. The molecule has 1 heterocycles. The van der Waals surface area contributed by atoms with Crippen molar-refractivity contribution in [3.05, 3.63) is 93.6 Å². The third-order valence-electron chi connectivity index (χ3n) is 6.10. The van der Waals surface area contributed by atoms with Gasteiger partial charge in [-0.2, -0.15) is 0 Å². The molecule has 0 radical (unpaired) electrons. The van der Waals surface area contributed by atoms with Crippen LogP contribution in [-0.2, 0) is 0 Å². The van der Waals surface area contributed by atoms with E-state index in [1.54, 1.807) is 6.07 Å². The molecule has 3 aromatic rings. The zero-order valence-corrected chi connectivity index (χ0v) is 15.1. The van der Waals surface area contributed by atoms with Gasteiger partial charge in [-0.25, -0.2) is 0 Å². The highest BCUT2D eigenvalue weighted by Gasteiger charge is 2.39. The number of nitrogens with one attached hydrogen (secondary N) is 1. The smallest absolute Gasteiger partial charge is 0.274 e. The van der Waals surface area contributed by atoms with E-state index in [1.807, 2.05) is 13.0 Å². The quantitative estimate of drug-likeness (QED) is 0.354. The van der Waals surface area contributed by atoms with Crippen LogP contribution in [0.15, 0.2) is 66.7 Å². The number of anilines is 1. The molecule has 1 aliphatic carbocycles. The first-order valence-corrected chi connectivity index (χ1v) is 9.33. The molecule has 0 spiro atoms. The Bertz CT molecular complexity index is 1100. The number of fused-ring (bicyclic) bond motifs is 4. The molecular weight excluding hydrogens is 336 g/mol. The zero-order chi connectivity index (χ0) is 18.5. The number of hydrogen-bond donors (Lipinski definition) is 1. The third kappa shape index (κ3) is 2.44. The number of rotatable bonds is 2. The minimum atomic E-state index is -0.293. The van der Waals surface area contributed by atoms with Gasteiger partial charge in [-0.15, -0.1) is 0 Å². The van der Waals surface area contributed by atoms with Gasteiger partial charge in [-0.3, -0.25) is 10.1 Å². The lowest BCUT2D eigenvalue weighted by atomic mass is 9.76. The van der Waals surface area contributed by atoms with Gasteiger partial charge in [-0.05, 0) is 53.3 Å². The Balaban J connectivity index is 1.64. The molecule has 1 N–H and O–H groups in total. The van der Waals surface area contributed by atoms with E-state index in [2.05, 4.69) is 59.9 Å². The Morgan fingerprint density at radius 1 is 1.07 bits per heavy atom. The van der Waals surface area contributed by atoms with Gasteiger partial charge in [0.15, 0.2) is 0 Å². The van der Waals surface area contributed by atoms with E-state index in [-0.39, 0.29) is 16.7 Å². The maximum Gasteiger partial charge on any atom is 0.274 e. The average molecular weight is 356 g/mol. The lowest BCUT2D eigenvalue weighted by Crippen LogP contribution is -2.29. The number of hydrogen-bond acceptors (Lipinski definition) is 3. The van der Waals surface area contributed by atoms with Gasteiger partial charge >= 0.3 is 0 Å². The molecule has 4 nitrogen and oxygen atoms in total. The SMILES string of the molecule is Cc1c([N+](=O)[O-])ccc2c1NC(c1ccc3ccccc3c1)C1CC=CC21. The molecule has 2 aliphatic rings. The summed E-state index contributed by atoms with van der Waals surface area (Å²) in [6, 6.07) is 18.7. The van der Waals surface area contributed by atoms with Gasteiger partial charge in [0.05, 0.1) is 16.5 Å². The first kappa shape index (κ1) is 16.1. The number of allylic oxidation sites excluding steroid dienone is 2. The molecule has 5 rings (SSSR count). The average Bonchev–Trinajstić information content (AvgIpc) is 3.17. The van der Waals surface area contributed by atoms with Crippen LogP contribution in [0.4, 0.5) is 11.4 Å². The third-order valence-corrected chi connectivity index (χ3v) is 6.10. The molecule has 0 bridgehead atoms. The van der Waals surface area contributed by atoms with Gasteiger partial charge in [0.1, 0.15) is 0 Å². The van der Waals surface area contributed by atoms with Crippen molar-refractivity contribution in [2.45, 2.75) is 25.3 Å². The number of nitro benzene ring substituents is 1. The van der Waals surface area contributed by atoms with Crippen molar-refractivity contribution in [3.8, 4) is 0 Å². The lowest BCUT2D eigenvalue weighted by Gasteiger charge is -2.38. The molecule has 4 heteroatoms. The molecule has 0 amide bonds. The van der Waals surface area contributed by atoms with Crippen molar-refractivity contribution < 1.29 is 4.92 Å². The summed E-state index contributed by atoms with van der Waals surface area (Å²) in [6.45, 7) is 1.85. The van der Waals surface area contributed by atoms with E-state index in [4.69, 9.17) is 0 Å². The molecule has 0 saturated heterocycles. The monoisotopic (exact) mass is 356 g/mol. The fourth-order valence-electron chi connectivity index (χ4n) is 4.73. The summed E-state index contributed by atoms with van der Waals surface area (Å²) >= 11 is 0. The van der Waals surface area contributed by atoms with Crippen LogP contribution >= 0.6 is 0 Å². The van der Waals surface area contributed by atoms with E-state index in [1.165, 1.54) is 21.9 Å². The number of nitrogens with zero attached hydrogens (tertiary/aromatic N) is 1. The second kappa shape index (κ2) is 5.95. The van der Waals surface area contributed by atoms with Crippen molar-refractivity contribution in [1.29, 1.82) is 0 Å². The van der Waals surface area contributed by atoms with Crippen LogP contribution in [0.1, 0.15) is 35.1 Å². The normalized spacial score (nSPS) is 22.9. The zero-order valence-electron chi connectivity index (χ0n) is 15.1. The topological polar surface area (TPSA) is 55.2 Å². The van der Waals surface area contributed by atoms with Crippen molar-refractivity contribution in [1.82, 2.24) is 0 Å². The van der Waals surface area contributed by atoms with Gasteiger partial charge < -0.3 is 5.32 Å². The van der Waals surface area contributed by atoms with Gasteiger partial charge in [0.2, 0.25) is 0 Å². The molecule has 3 unspecified atom stereocenters. The summed E-state index contributed by atoms with van der Waals surface area (Å²) < 4.78 is 0. The van der Waals surface area contributed by atoms with Gasteiger partial charge in [0, 0.05) is 17.7 Å². The maximum absolute atomic E-state index is 11.4. The molecule has 3 atom stereocenters. The van der Waals surface area contributed by atoms with E-state index >= 15 is 0 Å². The maximum atomic E-state index is 11.4. The van der Waals surface area contributed by atoms with Crippen LogP contribution in [0.3, 0.4) is 0 Å². The van der Waals surface area contributed by atoms with Crippen LogP contribution < -0.4 is 5.32 Å². The fraction of sp³-hybridized carbons (Fsp3) is 0.217. The predicted molar refractivity (Wildman–Crippen MR) is 108 cm³/mol. The highest BCUT2D eigenvalue weighted by molar-refractivity contribution is 5.83. The fourth-order valence-corrected chi connectivity index (χ4v) is 4.73. The van der Waals surface area contributed by atoms with Crippen LogP contribution in [-0.4, -0.2) is 4.92 Å². The Kier molecular flexibility index (Phi) is 3.54. The number of nitro groups is 1. The number of benzene rings is 3. The van der Waals surface area contributed by atoms with Crippen LogP contribution in [0.2, 0.25) is 0 Å². The highest BCUT2D eigenvalue weighted by atomic mass is 16.6. The Labute approximate surface area is 157 Å². The van der Waals surface area contributed by atoms with Crippen LogP contribution in [0.25, 0.3) is 10.8 Å². The molecular formula is C23H20N2O2. The van der Waals surface area contributed by atoms with Gasteiger partial charge in [0.25, 0.3) is 5.69 Å². The van der Waals surface area contributed by atoms with E-state index in [0.29, 0.717) is 11.8 Å². The molecule has 134 valence electrons. The summed E-state index contributed by atoms with van der Waals surface area (Å²) in [6.07, 6.45) is 5.53. The highest BCUT2D eigenvalue weighted by Crippen LogP contribution is 2.51. The minimum Gasteiger partial charge on any atom is -0.377 e. The Morgan fingerprint density at radius 2 is 1.89 bits per heavy atom. The molecule has 27 heavy (non-hydrogen) atoms. The molecule has 0 fully saturated rings. The summed E-state index contributed by atoms with van der Waals surface area (Å²) in [5.74, 6) is 0.733. The van der Waals surface area contributed by atoms with E-state index < -0.39 is 0 Å². The van der Waals surface area contributed by atoms with Gasteiger partial charge in [-0.1, -0.05) is 48.6 Å². The molecule has 0 aromatic heterocycles. The summed E-state index contributed by atoms with van der Waals surface area (Å²) in [4.78, 5) is 11.1. The second-order valence-corrected chi connectivity index (χ2v) is 7.51. The molecule has 3 aromatic carbocycles. The first-order valence-electron chi connectivity index (χ1n) is 9.33. The Morgan fingerprint density at radius 3 is 2.70 bits per heavy atom.